The number of aliphatic hydroxyl groups excluding tert-OH is 6. The van der Waals surface area contributed by atoms with Gasteiger partial charge in [0.05, 0.1) is 43.2 Å². The van der Waals surface area contributed by atoms with Crippen molar-refractivity contribution in [2.45, 2.75) is 180 Å². The van der Waals surface area contributed by atoms with E-state index in [0.29, 0.717) is 12.8 Å². The Morgan fingerprint density at radius 1 is 0.523 bits per heavy atom. The summed E-state index contributed by atoms with van der Waals surface area (Å²) in [5, 5.41) is 87.9. The van der Waals surface area contributed by atoms with Crippen molar-refractivity contribution in [3.05, 3.63) is 110 Å². The number of quaternary nitrogens is 1. The molecule has 0 saturated carbocycles. The number of unbranched alkanes of at least 4 members (excludes halogenated alkanes) is 6. The van der Waals surface area contributed by atoms with Gasteiger partial charge in [0.1, 0.15) is 0 Å². The number of aliphatic carboxylic acids is 3. The summed E-state index contributed by atoms with van der Waals surface area (Å²) in [6.07, 6.45) is 37.3. The molecule has 0 bridgehead atoms. The van der Waals surface area contributed by atoms with Crippen LogP contribution in [0.4, 0.5) is 0 Å². The summed E-state index contributed by atoms with van der Waals surface area (Å²) in [5.41, 5.74) is 10.0. The average molecular weight is 945 g/mol. The molecule has 8 atom stereocenters. The van der Waals surface area contributed by atoms with Crippen LogP contribution in [0, 0.1) is 12.8 Å². The number of nitrogens with one attached hydrogen (secondary N) is 1. The molecule has 370 valence electrons. The van der Waals surface area contributed by atoms with Crippen LogP contribution >= 0.6 is 0 Å². The Morgan fingerprint density at radius 3 is 1.18 bits per heavy atom. The molecule has 0 rings (SSSR count). The second-order valence-corrected chi connectivity index (χ2v) is 15.1. The summed E-state index contributed by atoms with van der Waals surface area (Å²) in [4.78, 5) is 29.8. The summed E-state index contributed by atoms with van der Waals surface area (Å²) >= 11 is 0. The Hall–Kier alpha value is -2.73. The third-order valence-electron chi connectivity index (χ3n) is 8.86. The van der Waals surface area contributed by atoms with Crippen LogP contribution in [0.25, 0.3) is 5.73 Å². The summed E-state index contributed by atoms with van der Waals surface area (Å²) in [5.74, 6) is -4.08. The van der Waals surface area contributed by atoms with Gasteiger partial charge in [-0.3, -0.25) is 0 Å². The predicted octanol–water partition coefficient (Wildman–Crippen LogP) is 3.25. The number of carbonyl (C=O) groups is 3. The number of carboxylic acid groups (broad SMARTS) is 3. The second-order valence-electron chi connectivity index (χ2n) is 15.1. The molecule has 0 unspecified atom stereocenters. The van der Waals surface area contributed by atoms with Crippen LogP contribution in [-0.2, 0) is 14.4 Å². The molecular formula is C50H84CaN2O12-2. The van der Waals surface area contributed by atoms with Gasteiger partial charge < -0.3 is 78.7 Å². The van der Waals surface area contributed by atoms with Crippen LogP contribution in [0.2, 0.25) is 0 Å². The number of carboxylic acids is 3. The molecule has 0 saturated heterocycles. The van der Waals surface area contributed by atoms with Gasteiger partial charge in [-0.05, 0) is 51.4 Å². The Balaban J connectivity index is -0.000000274. The molecule has 0 spiro atoms. The average Bonchev–Trinajstić information content (AvgIpc) is 3.25. The molecule has 0 aromatic heterocycles. The normalized spacial score (nSPS) is 15.5. The number of aliphatic hydroxyl groups is 6. The van der Waals surface area contributed by atoms with Crippen molar-refractivity contribution in [3.63, 3.8) is 0 Å². The molecule has 0 aliphatic carbocycles. The van der Waals surface area contributed by atoms with Crippen LogP contribution in [0.3, 0.4) is 0 Å². The van der Waals surface area contributed by atoms with Gasteiger partial charge in [0, 0.05) is 17.9 Å². The molecule has 0 fully saturated rings. The molecular weight excluding hydrogens is 861 g/mol. The number of allylic oxidation sites excluding steroid dienone is 12. The van der Waals surface area contributed by atoms with E-state index in [9.17, 15) is 60.3 Å². The van der Waals surface area contributed by atoms with Crippen molar-refractivity contribution < 1.29 is 66.1 Å². The zero-order valence-corrected chi connectivity index (χ0v) is 42.0. The largest absolute Gasteiger partial charge is 2.00 e. The molecule has 0 aromatic rings. The van der Waals surface area contributed by atoms with E-state index in [-0.39, 0.29) is 63.1 Å². The first kappa shape index (κ1) is 71.3. The Kier molecular flexibility index (Phi) is 59.1. The van der Waals surface area contributed by atoms with Crippen LogP contribution in [0.5, 0.6) is 0 Å². The first-order valence-corrected chi connectivity index (χ1v) is 22.8. The molecule has 10 N–H and O–H groups in total. The van der Waals surface area contributed by atoms with Gasteiger partial charge >= 0.3 is 37.7 Å². The van der Waals surface area contributed by atoms with Gasteiger partial charge in [-0.25, -0.2) is 0 Å². The van der Waals surface area contributed by atoms with Crippen LogP contribution in [0.1, 0.15) is 137 Å². The van der Waals surface area contributed by atoms with E-state index in [0.717, 1.165) is 77.2 Å². The van der Waals surface area contributed by atoms with Crippen molar-refractivity contribution >= 4 is 55.6 Å². The SMILES string of the molecule is CCCCC[C@@H](O)/C=C/C=C\C=C\C=C\[C@@H](O)[C@@H](O)CCCC.CCCCC[C@@H](O)/C=C/C=C\C=C\C=C\[C@@H](O)[C@@H](O)CCCC(=O)[O-].C[C@H]([NH-])C(=O)[O-].[CH2-][C@@H](CCCC[NH3+])C(=O)[O-].[Ca+2]. The molecule has 0 radical (unpaired) electrons. The van der Waals surface area contributed by atoms with E-state index >= 15 is 0 Å². The fraction of sp³-hybridized carbons (Fsp3) is 0.600. The third kappa shape index (κ3) is 59.3. The number of carbonyl (C=O) groups excluding carboxylic acids is 3. The Bertz CT molecular complexity index is 1350. The minimum absolute atomic E-state index is 0. The zero-order chi connectivity index (χ0) is 49.4. The van der Waals surface area contributed by atoms with E-state index in [1.807, 2.05) is 24.3 Å². The number of hydrogen-bond donors (Lipinski definition) is 7. The monoisotopic (exact) mass is 945 g/mol. The fourth-order valence-electron chi connectivity index (χ4n) is 4.81. The van der Waals surface area contributed by atoms with Crippen molar-refractivity contribution in [1.29, 1.82) is 0 Å². The topological polar surface area (TPSA) is 293 Å². The zero-order valence-electron chi connectivity index (χ0n) is 39.8. The van der Waals surface area contributed by atoms with Gasteiger partial charge in [-0.15, -0.1) is 12.0 Å². The van der Waals surface area contributed by atoms with Crippen LogP contribution < -0.4 is 21.1 Å². The number of hydrogen-bond acceptors (Lipinski definition) is 12. The Labute approximate surface area is 421 Å². The maximum Gasteiger partial charge on any atom is 2.00 e. The molecule has 0 heterocycles. The van der Waals surface area contributed by atoms with Crippen molar-refractivity contribution in [2.24, 2.45) is 5.92 Å². The van der Waals surface area contributed by atoms with E-state index in [1.165, 1.54) is 19.4 Å². The first-order chi connectivity index (χ1) is 30.4. The van der Waals surface area contributed by atoms with Crippen LogP contribution in [-0.4, -0.2) is 135 Å². The summed E-state index contributed by atoms with van der Waals surface area (Å²) in [7, 11) is 0. The molecule has 0 amide bonds. The van der Waals surface area contributed by atoms with Crippen molar-refractivity contribution in [1.82, 2.24) is 0 Å². The van der Waals surface area contributed by atoms with Crippen molar-refractivity contribution in [3.8, 4) is 0 Å². The second kappa shape index (κ2) is 53.9. The fourth-order valence-corrected chi connectivity index (χ4v) is 4.81. The summed E-state index contributed by atoms with van der Waals surface area (Å²) in [6, 6.07) is -1.09. The molecule has 0 aliphatic heterocycles. The van der Waals surface area contributed by atoms with Gasteiger partial charge in [0.15, 0.2) is 0 Å². The summed E-state index contributed by atoms with van der Waals surface area (Å²) in [6.45, 7) is 11.9. The van der Waals surface area contributed by atoms with Gasteiger partial charge in [-0.1, -0.05) is 183 Å². The number of rotatable bonds is 33. The molecule has 65 heavy (non-hydrogen) atoms. The maximum atomic E-state index is 10.3. The minimum atomic E-state index is -1.32. The predicted molar refractivity (Wildman–Crippen MR) is 256 cm³/mol. The van der Waals surface area contributed by atoms with Crippen molar-refractivity contribution in [2.75, 3.05) is 6.54 Å². The molecule has 14 nitrogen and oxygen atoms in total. The van der Waals surface area contributed by atoms with Gasteiger partial charge in [-0.2, -0.15) is 0 Å². The quantitative estimate of drug-likeness (QED) is 0.0216. The summed E-state index contributed by atoms with van der Waals surface area (Å²) < 4.78 is 0. The van der Waals surface area contributed by atoms with Gasteiger partial charge in [0.25, 0.3) is 0 Å². The van der Waals surface area contributed by atoms with E-state index in [4.69, 9.17) is 5.73 Å². The smallest absolute Gasteiger partial charge is 0.670 e. The first-order valence-electron chi connectivity index (χ1n) is 22.8. The van der Waals surface area contributed by atoms with E-state index in [1.54, 1.807) is 66.8 Å². The third-order valence-corrected chi connectivity index (χ3v) is 8.86. The van der Waals surface area contributed by atoms with E-state index in [2.05, 4.69) is 33.4 Å². The molecule has 0 aromatic carbocycles. The minimum Gasteiger partial charge on any atom is -0.670 e. The molecule has 0 aliphatic rings. The van der Waals surface area contributed by atoms with E-state index < -0.39 is 60.4 Å². The standard InChI is InChI=1S/C20H32O5.C20H34O3.C7H14NO2.C3H6NO2.Ca/c1-2-3-8-12-17(21)13-9-6-4-5-7-10-14-18(22)19(23)15-11-16-20(24)25;1-3-5-11-14-18(21)15-12-9-7-8-10-13-17-20(23)19(22)16-6-4-2;1-6(7(9)10)4-2-3-5-8;1-2(4)3(5)6;/h4-7,9-10,13-14,17-19,21-23H,2-3,8,11-12,15-16H2,1H3,(H,24,25);7-10,12-13,15,17-23H,3-6,11,14,16H2,1-2H3;6H,1-5,8H2,(H,9,10);2,4H,1H3,(H,5,6);/q;;2*-1;+2/p-2/b6-4-,7-5+,13-9+,14-10+;9-7-,10-8+,15-12+,17-13+;;;/t17-,18-,19+;18-,19+,20-;6-;2-;/m1100./s1. The van der Waals surface area contributed by atoms with Gasteiger partial charge in [0.2, 0.25) is 0 Å². The molecule has 15 heteroatoms. The maximum absolute atomic E-state index is 10.3. The van der Waals surface area contributed by atoms with Crippen LogP contribution in [0.15, 0.2) is 97.2 Å². The Morgan fingerprint density at radius 2 is 0.862 bits per heavy atom.